The van der Waals surface area contributed by atoms with E-state index in [0.29, 0.717) is 32.4 Å². The summed E-state index contributed by atoms with van der Waals surface area (Å²) in [5, 5.41) is 31.3. The van der Waals surface area contributed by atoms with Crippen LogP contribution in [0.2, 0.25) is 0 Å². The second kappa shape index (κ2) is 37.1. The lowest BCUT2D eigenvalue weighted by atomic mass is 10.0. The van der Waals surface area contributed by atoms with Gasteiger partial charge in [-0.3, -0.25) is 28.8 Å². The van der Waals surface area contributed by atoms with Crippen molar-refractivity contribution >= 4 is 41.5 Å². The zero-order valence-electron chi connectivity index (χ0n) is 32.8. The summed E-state index contributed by atoms with van der Waals surface area (Å²) in [6.45, 7) is 4.23. The zero-order chi connectivity index (χ0) is 40.8. The Labute approximate surface area is 325 Å². The second-order valence-corrected chi connectivity index (χ2v) is 12.9. The predicted molar refractivity (Wildman–Crippen MR) is 202 cm³/mol. The van der Waals surface area contributed by atoms with E-state index in [1.165, 1.54) is 0 Å². The van der Waals surface area contributed by atoms with Gasteiger partial charge in [0, 0.05) is 51.9 Å². The summed E-state index contributed by atoms with van der Waals surface area (Å²) in [7, 11) is 0. The lowest BCUT2D eigenvalue weighted by Gasteiger charge is -2.14. The first-order chi connectivity index (χ1) is 26.5. The predicted octanol–water partition coefficient (Wildman–Crippen LogP) is 1.43. The standard InChI is InChI=1S/C37H67N5O13/c1-2-31(43)38-18-13-19-39-34(46)28-54-26-25-53-23-21-41-35(47)29-55-27-24-52-22-20-40-32(44)17-16-30(37(50)51)42-33(45)14-11-9-7-5-3-4-6-8-10-12-15-36(48)49/h30H,2-29H2,1H3,(H,38,43)(H,39,46)(H,40,44)(H,41,47)(H,42,45)(H,48,49)(H,50,51)/t30-/m0/s1. The summed E-state index contributed by atoms with van der Waals surface area (Å²) in [4.78, 5) is 81.1. The van der Waals surface area contributed by atoms with E-state index in [1.54, 1.807) is 6.92 Å². The van der Waals surface area contributed by atoms with Gasteiger partial charge in [-0.2, -0.15) is 0 Å². The summed E-state index contributed by atoms with van der Waals surface area (Å²) in [6.07, 6.45) is 11.0. The highest BCUT2D eigenvalue weighted by Crippen LogP contribution is 2.12. The fourth-order valence-electron chi connectivity index (χ4n) is 4.93. The molecule has 1 atom stereocenters. The van der Waals surface area contributed by atoms with Gasteiger partial charge in [-0.25, -0.2) is 4.79 Å². The van der Waals surface area contributed by atoms with Crippen LogP contribution in [0.25, 0.3) is 0 Å². The van der Waals surface area contributed by atoms with E-state index in [0.717, 1.165) is 57.8 Å². The monoisotopic (exact) mass is 789 g/mol. The number of carbonyl (C=O) groups excluding carboxylic acids is 5. The van der Waals surface area contributed by atoms with Crippen molar-refractivity contribution < 1.29 is 62.7 Å². The molecule has 0 aromatic carbocycles. The molecule has 0 aliphatic carbocycles. The van der Waals surface area contributed by atoms with E-state index in [4.69, 9.17) is 24.1 Å². The molecule has 0 bridgehead atoms. The minimum absolute atomic E-state index is 0.0282. The molecule has 0 heterocycles. The average molecular weight is 790 g/mol. The number of ether oxygens (including phenoxy) is 4. The number of rotatable bonds is 39. The van der Waals surface area contributed by atoms with Gasteiger partial charge in [-0.1, -0.05) is 58.3 Å². The van der Waals surface area contributed by atoms with Gasteiger partial charge in [-0.05, 0) is 25.7 Å². The van der Waals surface area contributed by atoms with Crippen molar-refractivity contribution in [2.45, 2.75) is 116 Å². The lowest BCUT2D eigenvalue weighted by Crippen LogP contribution is -2.41. The molecule has 5 amide bonds. The Morgan fingerprint density at radius 3 is 1.38 bits per heavy atom. The molecule has 55 heavy (non-hydrogen) atoms. The zero-order valence-corrected chi connectivity index (χ0v) is 32.8. The van der Waals surface area contributed by atoms with Gasteiger partial charge in [0.1, 0.15) is 19.3 Å². The first-order valence-electron chi connectivity index (χ1n) is 19.7. The number of hydrogen-bond donors (Lipinski definition) is 7. The maximum atomic E-state index is 12.2. The maximum absolute atomic E-state index is 12.2. The van der Waals surface area contributed by atoms with Crippen LogP contribution in [0.15, 0.2) is 0 Å². The van der Waals surface area contributed by atoms with Gasteiger partial charge in [-0.15, -0.1) is 0 Å². The smallest absolute Gasteiger partial charge is 0.326 e. The molecule has 7 N–H and O–H groups in total. The molecule has 0 fully saturated rings. The molecule has 0 saturated heterocycles. The number of carboxylic acid groups (broad SMARTS) is 2. The van der Waals surface area contributed by atoms with E-state index < -0.39 is 18.0 Å². The van der Waals surface area contributed by atoms with Crippen molar-refractivity contribution in [3.63, 3.8) is 0 Å². The molecule has 0 saturated carbocycles. The summed E-state index contributed by atoms with van der Waals surface area (Å²) in [6, 6.07) is -1.15. The number of carboxylic acids is 2. The largest absolute Gasteiger partial charge is 0.481 e. The average Bonchev–Trinajstić information content (AvgIpc) is 3.15. The topological polar surface area (TPSA) is 257 Å². The second-order valence-electron chi connectivity index (χ2n) is 12.9. The van der Waals surface area contributed by atoms with Crippen LogP contribution in [0.4, 0.5) is 0 Å². The van der Waals surface area contributed by atoms with Crippen LogP contribution in [-0.2, 0) is 52.5 Å². The normalized spacial score (nSPS) is 11.4. The summed E-state index contributed by atoms with van der Waals surface area (Å²) in [5.74, 6) is -3.26. The quantitative estimate of drug-likeness (QED) is 0.0436. The molecule has 0 unspecified atom stereocenters. The summed E-state index contributed by atoms with van der Waals surface area (Å²) in [5.41, 5.74) is 0. The maximum Gasteiger partial charge on any atom is 0.326 e. The Bertz CT molecular complexity index is 1080. The molecule has 0 spiro atoms. The Hall–Kier alpha value is -3.87. The van der Waals surface area contributed by atoms with Crippen LogP contribution in [0, 0.1) is 0 Å². The fourth-order valence-corrected chi connectivity index (χ4v) is 4.93. The van der Waals surface area contributed by atoms with Gasteiger partial charge >= 0.3 is 11.9 Å². The first-order valence-corrected chi connectivity index (χ1v) is 19.7. The number of nitrogens with one attached hydrogen (secondary N) is 5. The molecule has 0 rings (SSSR count). The van der Waals surface area contributed by atoms with E-state index in [1.807, 2.05) is 0 Å². The van der Waals surface area contributed by atoms with Gasteiger partial charge in [0.05, 0.1) is 39.6 Å². The van der Waals surface area contributed by atoms with Crippen LogP contribution < -0.4 is 26.6 Å². The molecule has 0 aromatic heterocycles. The third-order valence-corrected chi connectivity index (χ3v) is 8.00. The number of hydrogen-bond acceptors (Lipinski definition) is 11. The van der Waals surface area contributed by atoms with E-state index in [9.17, 15) is 38.7 Å². The third kappa shape index (κ3) is 36.9. The Balaban J connectivity index is 3.66. The Kier molecular flexibility index (Phi) is 34.5. The van der Waals surface area contributed by atoms with Crippen molar-refractivity contribution in [2.75, 3.05) is 79.0 Å². The van der Waals surface area contributed by atoms with Crippen LogP contribution in [0.5, 0.6) is 0 Å². The molecular weight excluding hydrogens is 722 g/mol. The molecule has 0 aromatic rings. The highest BCUT2D eigenvalue weighted by Gasteiger charge is 2.20. The number of aliphatic carboxylic acids is 2. The van der Waals surface area contributed by atoms with Crippen LogP contribution in [0.1, 0.15) is 110 Å². The number of amides is 5. The van der Waals surface area contributed by atoms with Crippen molar-refractivity contribution in [2.24, 2.45) is 0 Å². The van der Waals surface area contributed by atoms with Gasteiger partial charge < -0.3 is 55.7 Å². The van der Waals surface area contributed by atoms with E-state index in [2.05, 4.69) is 26.6 Å². The number of carbonyl (C=O) groups is 7. The highest BCUT2D eigenvalue weighted by atomic mass is 16.5. The molecule has 0 radical (unpaired) electrons. The van der Waals surface area contributed by atoms with Gasteiger partial charge in [0.25, 0.3) is 0 Å². The van der Waals surface area contributed by atoms with Crippen molar-refractivity contribution in [1.29, 1.82) is 0 Å². The fraction of sp³-hybridized carbons (Fsp3) is 0.811. The van der Waals surface area contributed by atoms with E-state index in [-0.39, 0.29) is 121 Å². The van der Waals surface area contributed by atoms with Crippen molar-refractivity contribution in [3.8, 4) is 0 Å². The molecule has 18 heteroatoms. The molecule has 318 valence electrons. The first kappa shape index (κ1) is 51.1. The SMILES string of the molecule is CCC(=O)NCCCNC(=O)COCCOCCNC(=O)COCCOCCNC(=O)CC[C@H](NC(=O)CCCCCCCCCCCCC(=O)O)C(=O)O. The van der Waals surface area contributed by atoms with Crippen molar-refractivity contribution in [1.82, 2.24) is 26.6 Å². The Morgan fingerprint density at radius 1 is 0.455 bits per heavy atom. The molecule has 0 aliphatic heterocycles. The molecule has 0 aliphatic rings. The highest BCUT2D eigenvalue weighted by molar-refractivity contribution is 5.84. The minimum Gasteiger partial charge on any atom is -0.481 e. The van der Waals surface area contributed by atoms with Gasteiger partial charge in [0.2, 0.25) is 29.5 Å². The molecular formula is C37H67N5O13. The van der Waals surface area contributed by atoms with E-state index >= 15 is 0 Å². The van der Waals surface area contributed by atoms with Crippen LogP contribution >= 0.6 is 0 Å². The third-order valence-electron chi connectivity index (χ3n) is 8.00. The van der Waals surface area contributed by atoms with Crippen LogP contribution in [-0.4, -0.2) is 137 Å². The summed E-state index contributed by atoms with van der Waals surface area (Å²) >= 11 is 0. The van der Waals surface area contributed by atoms with Crippen molar-refractivity contribution in [3.05, 3.63) is 0 Å². The van der Waals surface area contributed by atoms with Gasteiger partial charge in [0.15, 0.2) is 0 Å². The summed E-state index contributed by atoms with van der Waals surface area (Å²) < 4.78 is 21.2. The lowest BCUT2D eigenvalue weighted by molar-refractivity contribution is -0.142. The van der Waals surface area contributed by atoms with Crippen LogP contribution in [0.3, 0.4) is 0 Å². The minimum atomic E-state index is -1.20. The number of unbranched alkanes of at least 4 members (excludes halogenated alkanes) is 9. The molecule has 18 nitrogen and oxygen atoms in total. The Morgan fingerprint density at radius 2 is 0.891 bits per heavy atom.